The van der Waals surface area contributed by atoms with Crippen LogP contribution in [0.3, 0.4) is 0 Å². The van der Waals surface area contributed by atoms with Crippen molar-refractivity contribution in [3.8, 4) is 33.4 Å². The summed E-state index contributed by atoms with van der Waals surface area (Å²) in [5, 5.41) is 5.69. The second-order valence-corrected chi connectivity index (χ2v) is 8.76. The van der Waals surface area contributed by atoms with Gasteiger partial charge in [-0.2, -0.15) is 0 Å². The molecule has 0 spiro atoms. The van der Waals surface area contributed by atoms with Crippen LogP contribution in [-0.2, 0) is 0 Å². The lowest BCUT2D eigenvalue weighted by Gasteiger charge is -2.16. The number of halogens is 1. The molecule has 0 radical (unpaired) electrons. The van der Waals surface area contributed by atoms with Gasteiger partial charge in [0.2, 0.25) is 0 Å². The van der Waals surface area contributed by atoms with E-state index in [1.54, 1.807) is 0 Å². The van der Waals surface area contributed by atoms with E-state index < -0.39 is 0 Å². The van der Waals surface area contributed by atoms with Crippen molar-refractivity contribution in [3.63, 3.8) is 0 Å². The Labute approximate surface area is 198 Å². The van der Waals surface area contributed by atoms with Crippen LogP contribution in [0.15, 0.2) is 127 Å². The van der Waals surface area contributed by atoms with Crippen molar-refractivity contribution >= 4 is 33.1 Å². The van der Waals surface area contributed by atoms with Gasteiger partial charge in [0, 0.05) is 5.02 Å². The number of fused-ring (bicyclic) bond motifs is 2. The molecule has 0 heterocycles. The minimum atomic E-state index is 0.741. The third-order valence-corrected chi connectivity index (χ3v) is 6.56. The molecule has 1 heteroatoms. The second kappa shape index (κ2) is 8.24. The van der Waals surface area contributed by atoms with Crippen LogP contribution in [0, 0.1) is 0 Å². The average Bonchev–Trinajstić information content (AvgIpc) is 2.88. The maximum Gasteiger partial charge on any atom is 0.0412 e. The Morgan fingerprint density at radius 2 is 1.06 bits per heavy atom. The van der Waals surface area contributed by atoms with Crippen molar-refractivity contribution in [1.82, 2.24) is 0 Å². The fourth-order valence-corrected chi connectivity index (χ4v) is 4.94. The summed E-state index contributed by atoms with van der Waals surface area (Å²) in [7, 11) is 0. The highest BCUT2D eigenvalue weighted by Gasteiger charge is 2.14. The summed E-state index contributed by atoms with van der Waals surface area (Å²) in [5.74, 6) is 0. The third kappa shape index (κ3) is 3.59. The molecule has 6 aromatic carbocycles. The maximum atomic E-state index is 6.52. The molecular formula is C32H21Cl. The highest BCUT2D eigenvalue weighted by atomic mass is 35.5. The first-order valence-corrected chi connectivity index (χ1v) is 11.5. The topological polar surface area (TPSA) is 0 Å². The molecule has 0 N–H and O–H groups in total. The lowest BCUT2D eigenvalue weighted by Crippen LogP contribution is -1.90. The van der Waals surface area contributed by atoms with Gasteiger partial charge in [-0.1, -0.05) is 121 Å². The van der Waals surface area contributed by atoms with Gasteiger partial charge in [-0.05, 0) is 73.1 Å². The van der Waals surface area contributed by atoms with Gasteiger partial charge < -0.3 is 0 Å². The molecule has 0 bridgehead atoms. The van der Waals surface area contributed by atoms with Gasteiger partial charge in [0.25, 0.3) is 0 Å². The van der Waals surface area contributed by atoms with Gasteiger partial charge in [0.05, 0.1) is 0 Å². The van der Waals surface area contributed by atoms with Gasteiger partial charge in [0.1, 0.15) is 0 Å². The molecule has 6 rings (SSSR count). The first-order valence-electron chi connectivity index (χ1n) is 11.1. The summed E-state index contributed by atoms with van der Waals surface area (Å²) in [5.41, 5.74) is 7.17. The molecular weight excluding hydrogens is 420 g/mol. The fraction of sp³-hybridized carbons (Fsp3) is 0. The van der Waals surface area contributed by atoms with Crippen LogP contribution >= 0.6 is 11.6 Å². The zero-order valence-electron chi connectivity index (χ0n) is 18.0. The molecule has 0 aromatic heterocycles. The minimum Gasteiger partial charge on any atom is -0.0843 e. The van der Waals surface area contributed by atoms with Crippen molar-refractivity contribution in [2.75, 3.05) is 0 Å². The van der Waals surface area contributed by atoms with E-state index in [4.69, 9.17) is 11.6 Å². The van der Waals surface area contributed by atoms with Crippen LogP contribution in [-0.4, -0.2) is 0 Å². The smallest absolute Gasteiger partial charge is 0.0412 e. The molecule has 0 aliphatic rings. The molecule has 0 amide bonds. The molecule has 0 fully saturated rings. The summed E-state index contributed by atoms with van der Waals surface area (Å²) in [6, 6.07) is 45.1. The molecule has 156 valence electrons. The van der Waals surface area contributed by atoms with E-state index >= 15 is 0 Å². The first kappa shape index (κ1) is 19.8. The second-order valence-electron chi connectivity index (χ2n) is 8.33. The summed E-state index contributed by atoms with van der Waals surface area (Å²) >= 11 is 6.52. The molecule has 0 saturated heterocycles. The first-order chi connectivity index (χ1) is 16.3. The molecule has 0 nitrogen and oxygen atoms in total. The molecule has 6 aromatic rings. The predicted octanol–water partition coefficient (Wildman–Crippen LogP) is 9.65. The zero-order chi connectivity index (χ0) is 22.2. The predicted molar refractivity (Wildman–Crippen MR) is 143 cm³/mol. The number of rotatable bonds is 3. The van der Waals surface area contributed by atoms with Gasteiger partial charge in [-0.25, -0.2) is 0 Å². The van der Waals surface area contributed by atoms with E-state index in [2.05, 4.69) is 121 Å². The Bertz CT molecular complexity index is 1610. The minimum absolute atomic E-state index is 0.741. The van der Waals surface area contributed by atoms with Crippen LogP contribution in [0.2, 0.25) is 5.02 Å². The Hall–Kier alpha value is -3.87. The molecule has 0 saturated carbocycles. The van der Waals surface area contributed by atoms with Crippen molar-refractivity contribution in [2.24, 2.45) is 0 Å². The molecule has 0 aliphatic heterocycles. The number of benzene rings is 6. The quantitative estimate of drug-likeness (QED) is 0.257. The standard InChI is InChI=1S/C32H21Cl/c33-27-18-19-29(31(21-27)26-17-16-22-8-4-5-11-25(22)20-26)30-15-7-13-24-12-6-14-28(32(24)30)23-9-2-1-3-10-23/h1-21H. The molecule has 0 aliphatic carbocycles. The lowest BCUT2D eigenvalue weighted by atomic mass is 9.87. The Kier molecular flexibility index (Phi) is 4.94. The van der Waals surface area contributed by atoms with Gasteiger partial charge in [-0.3, -0.25) is 0 Å². The van der Waals surface area contributed by atoms with Gasteiger partial charge in [0.15, 0.2) is 0 Å². The van der Waals surface area contributed by atoms with E-state index in [1.807, 2.05) is 6.07 Å². The van der Waals surface area contributed by atoms with E-state index in [9.17, 15) is 0 Å². The van der Waals surface area contributed by atoms with E-state index in [0.717, 1.165) is 10.6 Å². The number of hydrogen-bond acceptors (Lipinski definition) is 0. The Morgan fingerprint density at radius 3 is 1.88 bits per heavy atom. The highest BCUT2D eigenvalue weighted by molar-refractivity contribution is 6.31. The fourth-order valence-electron chi connectivity index (χ4n) is 4.77. The summed E-state index contributed by atoms with van der Waals surface area (Å²) in [6.45, 7) is 0. The average molecular weight is 441 g/mol. The van der Waals surface area contributed by atoms with Gasteiger partial charge in [-0.15, -0.1) is 0 Å². The summed E-state index contributed by atoms with van der Waals surface area (Å²) in [6.07, 6.45) is 0. The number of hydrogen-bond donors (Lipinski definition) is 0. The highest BCUT2D eigenvalue weighted by Crippen LogP contribution is 2.41. The van der Waals surface area contributed by atoms with Crippen LogP contribution < -0.4 is 0 Å². The van der Waals surface area contributed by atoms with Crippen molar-refractivity contribution in [3.05, 3.63) is 132 Å². The Morgan fingerprint density at radius 1 is 0.364 bits per heavy atom. The van der Waals surface area contributed by atoms with Crippen molar-refractivity contribution in [1.29, 1.82) is 0 Å². The maximum absolute atomic E-state index is 6.52. The van der Waals surface area contributed by atoms with E-state index in [1.165, 1.54) is 49.4 Å². The van der Waals surface area contributed by atoms with Crippen LogP contribution in [0.5, 0.6) is 0 Å². The third-order valence-electron chi connectivity index (χ3n) is 6.32. The van der Waals surface area contributed by atoms with E-state index in [0.29, 0.717) is 0 Å². The van der Waals surface area contributed by atoms with E-state index in [-0.39, 0.29) is 0 Å². The van der Waals surface area contributed by atoms with Crippen LogP contribution in [0.4, 0.5) is 0 Å². The molecule has 0 atom stereocenters. The monoisotopic (exact) mass is 440 g/mol. The summed E-state index contributed by atoms with van der Waals surface area (Å²) < 4.78 is 0. The van der Waals surface area contributed by atoms with Crippen LogP contribution in [0.1, 0.15) is 0 Å². The zero-order valence-corrected chi connectivity index (χ0v) is 18.8. The van der Waals surface area contributed by atoms with Crippen molar-refractivity contribution < 1.29 is 0 Å². The normalized spacial score (nSPS) is 11.2. The SMILES string of the molecule is Clc1ccc(-c2cccc3cccc(-c4ccccc4)c23)c(-c2ccc3ccccc3c2)c1. The summed E-state index contributed by atoms with van der Waals surface area (Å²) in [4.78, 5) is 0. The van der Waals surface area contributed by atoms with Crippen LogP contribution in [0.25, 0.3) is 54.9 Å². The van der Waals surface area contributed by atoms with Crippen molar-refractivity contribution in [2.45, 2.75) is 0 Å². The molecule has 0 unspecified atom stereocenters. The molecule has 33 heavy (non-hydrogen) atoms. The largest absolute Gasteiger partial charge is 0.0843 e. The Balaban J connectivity index is 1.65. The van der Waals surface area contributed by atoms with Gasteiger partial charge >= 0.3 is 0 Å². The lowest BCUT2D eigenvalue weighted by molar-refractivity contribution is 1.60.